The van der Waals surface area contributed by atoms with Crippen molar-refractivity contribution in [2.45, 2.75) is 26.3 Å². The summed E-state index contributed by atoms with van der Waals surface area (Å²) in [7, 11) is 1.93. The van der Waals surface area contributed by atoms with Crippen molar-refractivity contribution < 1.29 is 0 Å². The van der Waals surface area contributed by atoms with Gasteiger partial charge in [0.1, 0.15) is 5.52 Å². The average molecular weight is 270 g/mol. The topological polar surface area (TPSA) is 74.6 Å². The lowest BCUT2D eigenvalue weighted by atomic mass is 10.2. The third-order valence-corrected chi connectivity index (χ3v) is 3.50. The molecule has 0 saturated heterocycles. The Kier molecular flexibility index (Phi) is 3.14. The summed E-state index contributed by atoms with van der Waals surface area (Å²) in [5, 5.41) is 4.49. The van der Waals surface area contributed by atoms with Crippen molar-refractivity contribution in [1.29, 1.82) is 0 Å². The molecule has 0 fully saturated rings. The fourth-order valence-electron chi connectivity index (χ4n) is 2.50. The van der Waals surface area contributed by atoms with Crippen LogP contribution >= 0.6 is 0 Å². The second kappa shape index (κ2) is 4.96. The summed E-state index contributed by atoms with van der Waals surface area (Å²) in [5.41, 5.74) is 10.1. The SMILES string of the molecule is CCc1nn(C)c2c1nc(N)n2CCc1cccnc1. The van der Waals surface area contributed by atoms with Crippen molar-refractivity contribution in [2.24, 2.45) is 7.05 Å². The van der Waals surface area contributed by atoms with Gasteiger partial charge in [0.15, 0.2) is 5.65 Å². The van der Waals surface area contributed by atoms with Gasteiger partial charge in [-0.15, -0.1) is 0 Å². The standard InChI is InChI=1S/C14H18N6/c1-3-11-12-13(19(2)18-11)20(14(15)17-12)8-6-10-5-4-7-16-9-10/h4-5,7,9H,3,6,8H2,1-2H3,(H2,15,17). The lowest BCUT2D eigenvalue weighted by Crippen LogP contribution is -2.09. The molecule has 0 unspecified atom stereocenters. The highest BCUT2D eigenvalue weighted by Crippen LogP contribution is 2.21. The Hall–Kier alpha value is -2.37. The molecule has 2 N–H and O–H groups in total. The monoisotopic (exact) mass is 270 g/mol. The minimum Gasteiger partial charge on any atom is -0.369 e. The van der Waals surface area contributed by atoms with E-state index in [2.05, 4.69) is 28.1 Å². The summed E-state index contributed by atoms with van der Waals surface area (Å²) in [6.07, 6.45) is 5.39. The fourth-order valence-corrected chi connectivity index (χ4v) is 2.50. The van der Waals surface area contributed by atoms with Crippen molar-refractivity contribution in [3.8, 4) is 0 Å². The summed E-state index contributed by atoms with van der Waals surface area (Å²) >= 11 is 0. The first-order chi connectivity index (χ1) is 9.70. The van der Waals surface area contributed by atoms with Crippen LogP contribution < -0.4 is 5.73 Å². The molecule has 20 heavy (non-hydrogen) atoms. The van der Waals surface area contributed by atoms with Crippen LogP contribution in [0.15, 0.2) is 24.5 Å². The Morgan fingerprint density at radius 3 is 2.90 bits per heavy atom. The Balaban J connectivity index is 1.95. The van der Waals surface area contributed by atoms with Crippen molar-refractivity contribution in [3.05, 3.63) is 35.8 Å². The molecule has 0 spiro atoms. The molecule has 0 aliphatic carbocycles. The third kappa shape index (κ3) is 2.03. The van der Waals surface area contributed by atoms with Gasteiger partial charge >= 0.3 is 0 Å². The molecule has 3 aromatic heterocycles. The quantitative estimate of drug-likeness (QED) is 0.780. The molecular formula is C14H18N6. The first-order valence-electron chi connectivity index (χ1n) is 6.77. The van der Waals surface area contributed by atoms with Crippen molar-refractivity contribution in [3.63, 3.8) is 0 Å². The van der Waals surface area contributed by atoms with E-state index in [1.165, 1.54) is 5.56 Å². The number of imidazole rings is 1. The van der Waals surface area contributed by atoms with Crippen LogP contribution in [0.4, 0.5) is 5.95 Å². The van der Waals surface area contributed by atoms with Gasteiger partial charge in [0.2, 0.25) is 5.95 Å². The predicted molar refractivity (Wildman–Crippen MR) is 78.2 cm³/mol. The van der Waals surface area contributed by atoms with E-state index in [-0.39, 0.29) is 0 Å². The Bertz CT molecular complexity index is 725. The van der Waals surface area contributed by atoms with Crippen LogP contribution in [0.1, 0.15) is 18.2 Å². The molecule has 0 saturated carbocycles. The minimum atomic E-state index is 0.548. The number of nitrogens with two attached hydrogens (primary N) is 1. The minimum absolute atomic E-state index is 0.548. The van der Waals surface area contributed by atoms with E-state index < -0.39 is 0 Å². The van der Waals surface area contributed by atoms with Crippen molar-refractivity contribution >= 4 is 17.1 Å². The number of fused-ring (bicyclic) bond motifs is 1. The van der Waals surface area contributed by atoms with Gasteiger partial charge in [-0.1, -0.05) is 13.0 Å². The number of aromatic nitrogens is 5. The smallest absolute Gasteiger partial charge is 0.202 e. The number of aryl methyl sites for hydroxylation is 4. The molecule has 3 aromatic rings. The van der Waals surface area contributed by atoms with Crippen LogP contribution in [0, 0.1) is 0 Å². The zero-order chi connectivity index (χ0) is 14.1. The molecule has 104 valence electrons. The van der Waals surface area contributed by atoms with E-state index in [1.54, 1.807) is 6.20 Å². The zero-order valence-electron chi connectivity index (χ0n) is 11.7. The molecule has 3 heterocycles. The van der Waals surface area contributed by atoms with Crippen molar-refractivity contribution in [2.75, 3.05) is 5.73 Å². The van der Waals surface area contributed by atoms with Crippen LogP contribution in [0.25, 0.3) is 11.2 Å². The summed E-state index contributed by atoms with van der Waals surface area (Å²) in [6, 6.07) is 4.01. The number of rotatable bonds is 4. The maximum absolute atomic E-state index is 6.05. The molecular weight excluding hydrogens is 252 g/mol. The summed E-state index contributed by atoms with van der Waals surface area (Å²) in [4.78, 5) is 8.59. The average Bonchev–Trinajstić information content (AvgIpc) is 2.95. The molecule has 0 aliphatic heterocycles. The van der Waals surface area contributed by atoms with E-state index in [4.69, 9.17) is 5.73 Å². The maximum Gasteiger partial charge on any atom is 0.202 e. The van der Waals surface area contributed by atoms with Gasteiger partial charge in [0.05, 0.1) is 5.69 Å². The second-order valence-corrected chi connectivity index (χ2v) is 4.83. The Morgan fingerprint density at radius 1 is 1.35 bits per heavy atom. The predicted octanol–water partition coefficient (Wildman–Crippen LogP) is 1.55. The van der Waals surface area contributed by atoms with Gasteiger partial charge in [-0.2, -0.15) is 5.10 Å². The highest BCUT2D eigenvalue weighted by molar-refractivity contribution is 5.77. The lowest BCUT2D eigenvalue weighted by Gasteiger charge is -2.06. The first-order valence-corrected chi connectivity index (χ1v) is 6.77. The van der Waals surface area contributed by atoms with E-state index in [0.717, 1.165) is 36.2 Å². The normalized spacial score (nSPS) is 11.3. The molecule has 3 rings (SSSR count). The van der Waals surface area contributed by atoms with E-state index in [1.807, 2.05) is 28.6 Å². The molecule has 6 nitrogen and oxygen atoms in total. The van der Waals surface area contributed by atoms with Crippen LogP contribution in [-0.2, 0) is 26.4 Å². The van der Waals surface area contributed by atoms with Gasteiger partial charge in [0.25, 0.3) is 0 Å². The summed E-state index contributed by atoms with van der Waals surface area (Å²) < 4.78 is 3.88. The van der Waals surface area contributed by atoms with Gasteiger partial charge in [0, 0.05) is 26.0 Å². The summed E-state index contributed by atoms with van der Waals surface area (Å²) in [6.45, 7) is 2.85. The number of nitrogens with zero attached hydrogens (tertiary/aromatic N) is 5. The number of hydrogen-bond acceptors (Lipinski definition) is 4. The highest BCUT2D eigenvalue weighted by atomic mass is 15.3. The van der Waals surface area contributed by atoms with Crippen LogP contribution in [0.5, 0.6) is 0 Å². The zero-order valence-corrected chi connectivity index (χ0v) is 11.7. The molecule has 0 atom stereocenters. The van der Waals surface area contributed by atoms with E-state index in [9.17, 15) is 0 Å². The van der Waals surface area contributed by atoms with Crippen LogP contribution in [-0.4, -0.2) is 24.3 Å². The number of hydrogen-bond donors (Lipinski definition) is 1. The second-order valence-electron chi connectivity index (χ2n) is 4.83. The molecule has 0 radical (unpaired) electrons. The largest absolute Gasteiger partial charge is 0.369 e. The maximum atomic E-state index is 6.05. The number of nitrogen functional groups attached to an aromatic ring is 1. The fraction of sp³-hybridized carbons (Fsp3) is 0.357. The Labute approximate surface area is 117 Å². The van der Waals surface area contributed by atoms with Crippen LogP contribution in [0.3, 0.4) is 0 Å². The molecule has 6 heteroatoms. The third-order valence-electron chi connectivity index (χ3n) is 3.50. The first kappa shape index (κ1) is 12.7. The van der Waals surface area contributed by atoms with E-state index >= 15 is 0 Å². The number of anilines is 1. The molecule has 0 amide bonds. The summed E-state index contributed by atoms with van der Waals surface area (Å²) in [5.74, 6) is 0.548. The van der Waals surface area contributed by atoms with Gasteiger partial charge in [-0.25, -0.2) is 4.98 Å². The van der Waals surface area contributed by atoms with Gasteiger partial charge < -0.3 is 5.73 Å². The van der Waals surface area contributed by atoms with Crippen LogP contribution in [0.2, 0.25) is 0 Å². The molecule has 0 bridgehead atoms. The Morgan fingerprint density at radius 2 is 2.20 bits per heavy atom. The molecule has 0 aromatic carbocycles. The van der Waals surface area contributed by atoms with E-state index in [0.29, 0.717) is 5.95 Å². The lowest BCUT2D eigenvalue weighted by molar-refractivity contribution is 0.676. The van der Waals surface area contributed by atoms with Gasteiger partial charge in [-0.05, 0) is 24.5 Å². The molecule has 0 aliphatic rings. The van der Waals surface area contributed by atoms with Gasteiger partial charge in [-0.3, -0.25) is 14.2 Å². The van der Waals surface area contributed by atoms with Crippen molar-refractivity contribution in [1.82, 2.24) is 24.3 Å². The number of pyridine rings is 1. The highest BCUT2D eigenvalue weighted by Gasteiger charge is 2.16.